The number of rotatable bonds is 1. The topological polar surface area (TPSA) is 100 Å². The second-order valence-electron chi connectivity index (χ2n) is 5.51. The van der Waals surface area contributed by atoms with Crippen LogP contribution in [-0.2, 0) is 6.18 Å². The van der Waals surface area contributed by atoms with Gasteiger partial charge in [-0.15, -0.1) is 0 Å². The highest BCUT2D eigenvalue weighted by Crippen LogP contribution is 2.35. The third-order valence-electron chi connectivity index (χ3n) is 3.91. The fraction of sp³-hybridized carbons (Fsp3) is 0.0625. The molecule has 25 heavy (non-hydrogen) atoms. The zero-order chi connectivity index (χ0) is 17.8. The minimum Gasteiger partial charge on any atom is -0.383 e. The lowest BCUT2D eigenvalue weighted by Crippen LogP contribution is -2.10. The highest BCUT2D eigenvalue weighted by molar-refractivity contribution is 6.03. The van der Waals surface area contributed by atoms with Crippen LogP contribution in [0, 0.1) is 0 Å². The van der Waals surface area contributed by atoms with Crippen LogP contribution in [0.3, 0.4) is 0 Å². The Labute approximate surface area is 137 Å². The maximum absolute atomic E-state index is 13.0. The fourth-order valence-electron chi connectivity index (χ4n) is 2.73. The van der Waals surface area contributed by atoms with Crippen LogP contribution in [0.5, 0.6) is 0 Å². The molecule has 0 saturated carbocycles. The lowest BCUT2D eigenvalue weighted by molar-refractivity contribution is -0.137. The molecule has 3 aromatic heterocycles. The molecule has 0 radical (unpaired) electrons. The first kappa shape index (κ1) is 15.2. The SMILES string of the molecule is Nc1ncc(-c2ccc3ncc4[nH]c(=O)[nH]c4c3c2)cc1C(F)(F)F. The Bertz CT molecular complexity index is 1180. The van der Waals surface area contributed by atoms with Crippen LogP contribution >= 0.6 is 0 Å². The monoisotopic (exact) mass is 345 g/mol. The van der Waals surface area contributed by atoms with E-state index < -0.39 is 17.6 Å². The molecule has 0 fully saturated rings. The van der Waals surface area contributed by atoms with Gasteiger partial charge in [0.15, 0.2) is 0 Å². The molecule has 0 bridgehead atoms. The summed E-state index contributed by atoms with van der Waals surface area (Å²) in [4.78, 5) is 24.6. The number of hydrogen-bond acceptors (Lipinski definition) is 4. The van der Waals surface area contributed by atoms with Gasteiger partial charge in [-0.2, -0.15) is 13.2 Å². The van der Waals surface area contributed by atoms with Gasteiger partial charge in [-0.3, -0.25) is 4.98 Å². The smallest absolute Gasteiger partial charge is 0.383 e. The van der Waals surface area contributed by atoms with Gasteiger partial charge in [0.25, 0.3) is 0 Å². The van der Waals surface area contributed by atoms with Crippen molar-refractivity contribution >= 4 is 27.8 Å². The number of imidazole rings is 1. The van der Waals surface area contributed by atoms with Crippen molar-refractivity contribution in [2.45, 2.75) is 6.18 Å². The molecule has 0 aliphatic carbocycles. The van der Waals surface area contributed by atoms with Crippen LogP contribution in [0.15, 0.2) is 41.5 Å². The average molecular weight is 345 g/mol. The zero-order valence-electron chi connectivity index (χ0n) is 12.5. The average Bonchev–Trinajstić information content (AvgIpc) is 2.94. The van der Waals surface area contributed by atoms with E-state index in [0.29, 0.717) is 27.5 Å². The van der Waals surface area contributed by atoms with Gasteiger partial charge in [0.2, 0.25) is 0 Å². The van der Waals surface area contributed by atoms with Crippen molar-refractivity contribution < 1.29 is 13.2 Å². The van der Waals surface area contributed by atoms with Crippen molar-refractivity contribution in [1.82, 2.24) is 19.9 Å². The van der Waals surface area contributed by atoms with Gasteiger partial charge in [-0.1, -0.05) is 6.07 Å². The van der Waals surface area contributed by atoms with E-state index >= 15 is 0 Å². The molecule has 4 rings (SSSR count). The maximum atomic E-state index is 13.0. The molecule has 4 aromatic rings. The molecule has 0 unspecified atom stereocenters. The predicted octanol–water partition coefficient (Wildman–Crippen LogP) is 3.07. The minimum absolute atomic E-state index is 0.262. The van der Waals surface area contributed by atoms with Gasteiger partial charge < -0.3 is 15.7 Å². The number of H-pyrrole nitrogens is 2. The van der Waals surface area contributed by atoms with E-state index in [-0.39, 0.29) is 11.3 Å². The molecule has 1 aromatic carbocycles. The van der Waals surface area contributed by atoms with E-state index in [0.717, 1.165) is 6.07 Å². The van der Waals surface area contributed by atoms with E-state index in [1.165, 1.54) is 12.4 Å². The summed E-state index contributed by atoms with van der Waals surface area (Å²) in [6.45, 7) is 0. The van der Waals surface area contributed by atoms with E-state index in [9.17, 15) is 18.0 Å². The number of nitrogens with zero attached hydrogens (tertiary/aromatic N) is 2. The van der Waals surface area contributed by atoms with Gasteiger partial charge in [0.1, 0.15) is 5.82 Å². The summed E-state index contributed by atoms with van der Waals surface area (Å²) in [6.07, 6.45) is -1.80. The van der Waals surface area contributed by atoms with Crippen molar-refractivity contribution in [3.05, 3.63) is 52.7 Å². The first-order valence-corrected chi connectivity index (χ1v) is 7.17. The molecule has 6 nitrogen and oxygen atoms in total. The van der Waals surface area contributed by atoms with Crippen molar-refractivity contribution in [2.24, 2.45) is 0 Å². The lowest BCUT2D eigenvalue weighted by atomic mass is 10.0. The first-order chi connectivity index (χ1) is 11.8. The number of benzene rings is 1. The standard InChI is InChI=1S/C16H10F3N5O/c17-16(18,19)10-4-8(5-22-14(10)20)7-1-2-11-9(3-7)13-12(6-21-11)23-15(25)24-13/h1-6H,(H2,20,22)(H2,23,24,25). The number of hydrogen-bond donors (Lipinski definition) is 3. The highest BCUT2D eigenvalue weighted by Gasteiger charge is 2.34. The molecule has 0 saturated heterocycles. The van der Waals surface area contributed by atoms with Gasteiger partial charge >= 0.3 is 11.9 Å². The number of alkyl halides is 3. The van der Waals surface area contributed by atoms with Crippen molar-refractivity contribution in [3.8, 4) is 11.1 Å². The number of nitrogens with one attached hydrogen (secondary N) is 2. The van der Waals surface area contributed by atoms with Crippen LogP contribution < -0.4 is 11.4 Å². The fourth-order valence-corrected chi connectivity index (χ4v) is 2.73. The van der Waals surface area contributed by atoms with Crippen LogP contribution in [0.1, 0.15) is 5.56 Å². The Morgan fingerprint density at radius 2 is 1.80 bits per heavy atom. The second-order valence-corrected chi connectivity index (χ2v) is 5.51. The Hall–Kier alpha value is -3.36. The van der Waals surface area contributed by atoms with Gasteiger partial charge in [-0.05, 0) is 23.8 Å². The number of pyridine rings is 2. The third kappa shape index (κ3) is 2.49. The third-order valence-corrected chi connectivity index (χ3v) is 3.91. The Kier molecular flexibility index (Phi) is 3.08. The molecule has 0 atom stereocenters. The Morgan fingerprint density at radius 1 is 1.00 bits per heavy atom. The summed E-state index contributed by atoms with van der Waals surface area (Å²) in [5.41, 5.74) is 6.38. The molecule has 0 amide bonds. The summed E-state index contributed by atoms with van der Waals surface area (Å²) in [7, 11) is 0. The summed E-state index contributed by atoms with van der Waals surface area (Å²) >= 11 is 0. The van der Waals surface area contributed by atoms with Crippen molar-refractivity contribution in [3.63, 3.8) is 0 Å². The lowest BCUT2D eigenvalue weighted by Gasteiger charge is -2.11. The highest BCUT2D eigenvalue weighted by atomic mass is 19.4. The Balaban J connectivity index is 1.95. The van der Waals surface area contributed by atoms with Crippen LogP contribution in [0.2, 0.25) is 0 Å². The summed E-state index contributed by atoms with van der Waals surface area (Å²) in [5, 5.41) is 0.610. The molecule has 4 N–H and O–H groups in total. The largest absolute Gasteiger partial charge is 0.419 e. The van der Waals surface area contributed by atoms with Crippen LogP contribution in [0.4, 0.5) is 19.0 Å². The normalized spacial score (nSPS) is 12.1. The molecular weight excluding hydrogens is 335 g/mol. The van der Waals surface area contributed by atoms with Crippen molar-refractivity contribution in [1.29, 1.82) is 0 Å². The molecule has 0 aliphatic rings. The molecule has 3 heterocycles. The number of nitrogen functional groups attached to an aromatic ring is 1. The molecular formula is C16H10F3N5O. The molecule has 9 heteroatoms. The van der Waals surface area contributed by atoms with Crippen molar-refractivity contribution in [2.75, 3.05) is 5.73 Å². The van der Waals surface area contributed by atoms with E-state index in [2.05, 4.69) is 19.9 Å². The van der Waals surface area contributed by atoms with Gasteiger partial charge in [0, 0.05) is 17.1 Å². The minimum atomic E-state index is -4.59. The van der Waals surface area contributed by atoms with Crippen LogP contribution in [0.25, 0.3) is 33.1 Å². The first-order valence-electron chi connectivity index (χ1n) is 7.17. The summed E-state index contributed by atoms with van der Waals surface area (Å²) in [5.74, 6) is -0.573. The quantitative estimate of drug-likeness (QED) is 0.493. The van der Waals surface area contributed by atoms with E-state index in [4.69, 9.17) is 5.73 Å². The number of anilines is 1. The predicted molar refractivity (Wildman–Crippen MR) is 86.9 cm³/mol. The second kappa shape index (κ2) is 5.07. The molecule has 0 aliphatic heterocycles. The van der Waals surface area contributed by atoms with E-state index in [1.807, 2.05) is 0 Å². The number of nitrogens with two attached hydrogens (primary N) is 1. The maximum Gasteiger partial charge on any atom is 0.419 e. The van der Waals surface area contributed by atoms with Gasteiger partial charge in [-0.25, -0.2) is 9.78 Å². The van der Waals surface area contributed by atoms with Crippen LogP contribution in [-0.4, -0.2) is 19.9 Å². The van der Waals surface area contributed by atoms with E-state index in [1.54, 1.807) is 18.2 Å². The summed E-state index contributed by atoms with van der Waals surface area (Å²) < 4.78 is 39.1. The number of aromatic amines is 2. The summed E-state index contributed by atoms with van der Waals surface area (Å²) in [6, 6.07) is 5.91. The zero-order valence-corrected chi connectivity index (χ0v) is 12.5. The molecule has 126 valence electrons. The number of fused-ring (bicyclic) bond motifs is 3. The molecule has 0 spiro atoms. The number of halogens is 3. The Morgan fingerprint density at radius 3 is 2.56 bits per heavy atom. The number of aromatic nitrogens is 4. The van der Waals surface area contributed by atoms with Gasteiger partial charge in [0.05, 0.1) is 28.3 Å².